The lowest BCUT2D eigenvalue weighted by Gasteiger charge is -2.14. The molecule has 2 N–H and O–H groups in total. The number of hydrogen-bond donors (Lipinski definition) is 2. The number of amides is 1. The van der Waals surface area contributed by atoms with E-state index >= 15 is 0 Å². The van der Waals surface area contributed by atoms with Gasteiger partial charge in [0, 0.05) is 32.0 Å². The zero-order chi connectivity index (χ0) is 15.9. The van der Waals surface area contributed by atoms with Crippen molar-refractivity contribution in [2.45, 2.75) is 19.8 Å². The third-order valence-corrected chi connectivity index (χ3v) is 3.79. The van der Waals surface area contributed by atoms with Gasteiger partial charge in [-0.1, -0.05) is 43.7 Å². The molecule has 1 aromatic heterocycles. The zero-order valence-electron chi connectivity index (χ0n) is 13.1. The van der Waals surface area contributed by atoms with Gasteiger partial charge in [0.25, 0.3) is 5.91 Å². The van der Waals surface area contributed by atoms with Crippen LogP contribution in [0.3, 0.4) is 0 Å². The van der Waals surface area contributed by atoms with Crippen LogP contribution in [0.5, 0.6) is 0 Å². The first-order chi connectivity index (χ1) is 10.7. The summed E-state index contributed by atoms with van der Waals surface area (Å²) in [4.78, 5) is 12.4. The van der Waals surface area contributed by atoms with Crippen molar-refractivity contribution in [1.82, 2.24) is 15.1 Å². The number of aliphatic hydroxyl groups excluding tert-OH is 1. The number of nitrogens with zero attached hydrogens (tertiary/aromatic N) is 2. The maximum atomic E-state index is 12.4. The molecule has 0 aliphatic heterocycles. The Bertz CT molecular complexity index is 608. The smallest absolute Gasteiger partial charge is 0.255 e. The van der Waals surface area contributed by atoms with E-state index in [1.807, 2.05) is 37.4 Å². The Labute approximate surface area is 131 Å². The van der Waals surface area contributed by atoms with Crippen LogP contribution in [0.15, 0.2) is 36.5 Å². The second-order valence-corrected chi connectivity index (χ2v) is 5.43. The van der Waals surface area contributed by atoms with Gasteiger partial charge in [0.15, 0.2) is 0 Å². The Hall–Kier alpha value is -2.14. The summed E-state index contributed by atoms with van der Waals surface area (Å²) in [6, 6.07) is 9.69. The van der Waals surface area contributed by atoms with Crippen LogP contribution in [0.4, 0.5) is 0 Å². The summed E-state index contributed by atoms with van der Waals surface area (Å²) in [6.07, 6.45) is 3.37. The number of aromatic nitrogens is 2. The number of benzene rings is 1. The summed E-state index contributed by atoms with van der Waals surface area (Å²) in [7, 11) is 1.81. The lowest BCUT2D eigenvalue weighted by molar-refractivity contribution is 0.0944. The topological polar surface area (TPSA) is 67.2 Å². The molecule has 1 unspecified atom stereocenters. The summed E-state index contributed by atoms with van der Waals surface area (Å²) in [5, 5.41) is 16.4. The molecule has 0 radical (unpaired) electrons. The van der Waals surface area contributed by atoms with Gasteiger partial charge in [-0.05, 0) is 12.3 Å². The van der Waals surface area contributed by atoms with E-state index in [9.17, 15) is 4.79 Å². The summed E-state index contributed by atoms with van der Waals surface area (Å²) >= 11 is 0. The van der Waals surface area contributed by atoms with Gasteiger partial charge in [-0.25, -0.2) is 0 Å². The Morgan fingerprint density at radius 1 is 1.36 bits per heavy atom. The van der Waals surface area contributed by atoms with Gasteiger partial charge in [0.2, 0.25) is 0 Å². The fourth-order valence-corrected chi connectivity index (χ4v) is 2.43. The highest BCUT2D eigenvalue weighted by molar-refractivity contribution is 5.99. The molecule has 2 rings (SSSR count). The van der Waals surface area contributed by atoms with E-state index in [1.54, 1.807) is 10.9 Å². The molecule has 5 heteroatoms. The summed E-state index contributed by atoms with van der Waals surface area (Å²) in [5.41, 5.74) is 2.19. The van der Waals surface area contributed by atoms with Crippen LogP contribution in [0.2, 0.25) is 0 Å². The van der Waals surface area contributed by atoms with Crippen molar-refractivity contribution >= 4 is 5.91 Å². The van der Waals surface area contributed by atoms with Crippen molar-refractivity contribution in [1.29, 1.82) is 0 Å². The number of aryl methyl sites for hydroxylation is 1. The minimum atomic E-state index is -0.122. The van der Waals surface area contributed by atoms with Crippen molar-refractivity contribution < 1.29 is 9.90 Å². The van der Waals surface area contributed by atoms with E-state index in [0.29, 0.717) is 30.1 Å². The first-order valence-electron chi connectivity index (χ1n) is 7.63. The van der Waals surface area contributed by atoms with E-state index in [2.05, 4.69) is 17.3 Å². The molecular weight excluding hydrogens is 278 g/mol. The van der Waals surface area contributed by atoms with Crippen LogP contribution in [-0.2, 0) is 7.05 Å². The van der Waals surface area contributed by atoms with Crippen molar-refractivity contribution in [3.63, 3.8) is 0 Å². The number of rotatable bonds is 7. The number of carbonyl (C=O) groups excluding carboxylic acids is 1. The van der Waals surface area contributed by atoms with Gasteiger partial charge >= 0.3 is 0 Å². The van der Waals surface area contributed by atoms with Crippen LogP contribution in [-0.4, -0.2) is 33.9 Å². The number of nitrogens with one attached hydrogen (secondary N) is 1. The highest BCUT2D eigenvalue weighted by Gasteiger charge is 2.17. The Kier molecular flexibility index (Phi) is 5.72. The third-order valence-electron chi connectivity index (χ3n) is 3.79. The van der Waals surface area contributed by atoms with E-state index in [-0.39, 0.29) is 12.5 Å². The van der Waals surface area contributed by atoms with Crippen LogP contribution in [0, 0.1) is 5.92 Å². The molecule has 0 aliphatic carbocycles. The average Bonchev–Trinajstić information content (AvgIpc) is 2.94. The zero-order valence-corrected chi connectivity index (χ0v) is 13.1. The molecular formula is C17H23N3O2. The standard InChI is InChI=1S/C17H23N3O2/c1-3-13(9-10-21)11-18-17(22)15-12-20(2)19-16(15)14-7-5-4-6-8-14/h4-8,12-13,21H,3,9-11H2,1-2H3,(H,18,22). The van der Waals surface area contributed by atoms with Crippen LogP contribution >= 0.6 is 0 Å². The molecule has 1 heterocycles. The number of hydrogen-bond acceptors (Lipinski definition) is 3. The first kappa shape index (κ1) is 16.2. The quantitative estimate of drug-likeness (QED) is 0.824. The molecule has 1 amide bonds. The molecule has 2 aromatic rings. The summed E-state index contributed by atoms with van der Waals surface area (Å²) in [6.45, 7) is 2.78. The minimum Gasteiger partial charge on any atom is -0.396 e. The molecule has 0 fully saturated rings. The largest absolute Gasteiger partial charge is 0.396 e. The number of aliphatic hydroxyl groups is 1. The van der Waals surface area contributed by atoms with Gasteiger partial charge in [-0.15, -0.1) is 0 Å². The van der Waals surface area contributed by atoms with Gasteiger partial charge in [0.05, 0.1) is 5.56 Å². The molecule has 0 aliphatic rings. The maximum absolute atomic E-state index is 12.4. The van der Waals surface area contributed by atoms with E-state index in [1.165, 1.54) is 0 Å². The molecule has 1 aromatic carbocycles. The Morgan fingerprint density at radius 3 is 2.73 bits per heavy atom. The SMILES string of the molecule is CCC(CCO)CNC(=O)c1cn(C)nc1-c1ccccc1. The van der Waals surface area contributed by atoms with Crippen molar-refractivity contribution in [2.75, 3.05) is 13.2 Å². The van der Waals surface area contributed by atoms with Crippen molar-refractivity contribution in [3.05, 3.63) is 42.1 Å². The third kappa shape index (κ3) is 3.95. The Balaban J connectivity index is 2.13. The van der Waals surface area contributed by atoms with Gasteiger partial charge in [-0.2, -0.15) is 5.10 Å². The molecule has 0 bridgehead atoms. The second-order valence-electron chi connectivity index (χ2n) is 5.43. The molecule has 0 saturated heterocycles. The van der Waals surface area contributed by atoms with Gasteiger partial charge in [-0.3, -0.25) is 9.48 Å². The fraction of sp³-hybridized carbons (Fsp3) is 0.412. The van der Waals surface area contributed by atoms with Gasteiger partial charge in [0.1, 0.15) is 5.69 Å². The lowest BCUT2D eigenvalue weighted by Crippen LogP contribution is -2.29. The van der Waals surface area contributed by atoms with Crippen LogP contribution < -0.4 is 5.32 Å². The van der Waals surface area contributed by atoms with Crippen molar-refractivity contribution in [3.8, 4) is 11.3 Å². The van der Waals surface area contributed by atoms with E-state index in [0.717, 1.165) is 12.0 Å². The molecule has 5 nitrogen and oxygen atoms in total. The predicted octanol–water partition coefficient (Wildman–Crippen LogP) is 2.23. The molecule has 1 atom stereocenters. The highest BCUT2D eigenvalue weighted by Crippen LogP contribution is 2.21. The number of carbonyl (C=O) groups is 1. The lowest BCUT2D eigenvalue weighted by atomic mass is 10.0. The fourth-order valence-electron chi connectivity index (χ4n) is 2.43. The van der Waals surface area contributed by atoms with Crippen LogP contribution in [0.25, 0.3) is 11.3 Å². The second kappa shape index (κ2) is 7.75. The Morgan fingerprint density at radius 2 is 2.09 bits per heavy atom. The highest BCUT2D eigenvalue weighted by atomic mass is 16.3. The summed E-state index contributed by atoms with van der Waals surface area (Å²) < 4.78 is 1.66. The molecule has 0 saturated carbocycles. The van der Waals surface area contributed by atoms with Crippen molar-refractivity contribution in [2.24, 2.45) is 13.0 Å². The molecule has 0 spiro atoms. The maximum Gasteiger partial charge on any atom is 0.255 e. The van der Waals surface area contributed by atoms with Gasteiger partial charge < -0.3 is 10.4 Å². The van der Waals surface area contributed by atoms with E-state index < -0.39 is 0 Å². The first-order valence-corrected chi connectivity index (χ1v) is 7.63. The molecule has 118 valence electrons. The minimum absolute atomic E-state index is 0.122. The predicted molar refractivity (Wildman–Crippen MR) is 86.5 cm³/mol. The molecule has 22 heavy (non-hydrogen) atoms. The monoisotopic (exact) mass is 301 g/mol. The average molecular weight is 301 g/mol. The van der Waals surface area contributed by atoms with E-state index in [4.69, 9.17) is 5.11 Å². The normalized spacial score (nSPS) is 12.1. The summed E-state index contributed by atoms with van der Waals surface area (Å²) in [5.74, 6) is 0.175. The van der Waals surface area contributed by atoms with Crippen LogP contribution in [0.1, 0.15) is 30.1 Å².